The van der Waals surface area contributed by atoms with E-state index >= 15 is 0 Å². The van der Waals surface area contributed by atoms with Crippen LogP contribution in [0.2, 0.25) is 5.02 Å². The fraction of sp³-hybridized carbons (Fsp3) is 0.250. The van der Waals surface area contributed by atoms with Crippen LogP contribution < -0.4 is 4.90 Å². The lowest BCUT2D eigenvalue weighted by molar-refractivity contribution is 0.793. The number of rotatable bonds is 4. The molecule has 4 heteroatoms. The molecular weight excluding hydrogens is 222 g/mol. The van der Waals surface area contributed by atoms with Crippen LogP contribution in [0.15, 0.2) is 36.7 Å². The van der Waals surface area contributed by atoms with E-state index in [1.54, 1.807) is 6.20 Å². The largest absolute Gasteiger partial charge is 0.364 e. The van der Waals surface area contributed by atoms with Gasteiger partial charge < -0.3 is 9.88 Å². The molecule has 3 nitrogen and oxygen atoms in total. The predicted molar refractivity (Wildman–Crippen MR) is 66.8 cm³/mol. The lowest BCUT2D eigenvalue weighted by atomic mass is 10.3. The summed E-state index contributed by atoms with van der Waals surface area (Å²) >= 11 is 5.98. The summed E-state index contributed by atoms with van der Waals surface area (Å²) in [5, 5.41) is 0.760. The number of hydrogen-bond acceptors (Lipinski definition) is 2. The second-order valence-corrected chi connectivity index (χ2v) is 3.97. The summed E-state index contributed by atoms with van der Waals surface area (Å²) in [6.45, 7) is 3.80. The lowest BCUT2D eigenvalue weighted by Crippen LogP contribution is -2.22. The zero-order valence-electron chi connectivity index (χ0n) is 9.15. The first-order chi connectivity index (χ1) is 7.79. The molecule has 16 heavy (non-hydrogen) atoms. The quantitative estimate of drug-likeness (QED) is 0.883. The second kappa shape index (κ2) is 5.03. The molecule has 0 aliphatic carbocycles. The number of aromatic amines is 1. The monoisotopic (exact) mass is 235 g/mol. The topological polar surface area (TPSA) is 31.9 Å². The molecule has 1 aromatic carbocycles. The SMILES string of the molecule is CCN(Cc1ncc[nH]1)c1cccc(Cl)c1. The third kappa shape index (κ3) is 2.55. The van der Waals surface area contributed by atoms with Gasteiger partial charge in [-0.1, -0.05) is 17.7 Å². The zero-order chi connectivity index (χ0) is 11.4. The van der Waals surface area contributed by atoms with Gasteiger partial charge in [-0.15, -0.1) is 0 Å². The molecule has 0 aliphatic rings. The summed E-state index contributed by atoms with van der Waals surface area (Å²) in [6.07, 6.45) is 3.60. The first-order valence-corrected chi connectivity index (χ1v) is 5.66. The molecule has 0 fully saturated rings. The van der Waals surface area contributed by atoms with Crippen molar-refractivity contribution in [1.29, 1.82) is 0 Å². The molecule has 0 amide bonds. The molecule has 0 saturated carbocycles. The third-order valence-electron chi connectivity index (χ3n) is 2.45. The van der Waals surface area contributed by atoms with Crippen LogP contribution >= 0.6 is 11.6 Å². The molecule has 0 saturated heterocycles. The minimum absolute atomic E-state index is 0.760. The molecule has 84 valence electrons. The maximum absolute atomic E-state index is 5.98. The number of aromatic nitrogens is 2. The minimum Gasteiger partial charge on any atom is -0.364 e. The van der Waals surface area contributed by atoms with Gasteiger partial charge in [0.25, 0.3) is 0 Å². The molecule has 0 bridgehead atoms. The summed E-state index contributed by atoms with van der Waals surface area (Å²) in [4.78, 5) is 9.54. The van der Waals surface area contributed by atoms with Crippen LogP contribution in [0.5, 0.6) is 0 Å². The Morgan fingerprint density at radius 3 is 2.94 bits per heavy atom. The number of halogens is 1. The molecule has 0 spiro atoms. The van der Waals surface area contributed by atoms with Crippen molar-refractivity contribution in [3.8, 4) is 0 Å². The smallest absolute Gasteiger partial charge is 0.125 e. The fourth-order valence-corrected chi connectivity index (χ4v) is 1.81. The van der Waals surface area contributed by atoms with E-state index in [-0.39, 0.29) is 0 Å². The van der Waals surface area contributed by atoms with Crippen LogP contribution in [0, 0.1) is 0 Å². The van der Waals surface area contributed by atoms with Gasteiger partial charge in [0.1, 0.15) is 5.82 Å². The van der Waals surface area contributed by atoms with Gasteiger partial charge in [0.15, 0.2) is 0 Å². The number of H-pyrrole nitrogens is 1. The molecule has 1 heterocycles. The first-order valence-electron chi connectivity index (χ1n) is 5.28. The molecule has 0 aliphatic heterocycles. The van der Waals surface area contributed by atoms with Crippen molar-refractivity contribution in [2.45, 2.75) is 13.5 Å². The van der Waals surface area contributed by atoms with Crippen LogP contribution in [0.3, 0.4) is 0 Å². The Labute approximate surface area is 100 Å². The molecule has 1 N–H and O–H groups in total. The van der Waals surface area contributed by atoms with Crippen LogP contribution in [-0.2, 0) is 6.54 Å². The average Bonchev–Trinajstić information content (AvgIpc) is 2.78. The maximum Gasteiger partial charge on any atom is 0.125 e. The highest BCUT2D eigenvalue weighted by Gasteiger charge is 2.06. The van der Waals surface area contributed by atoms with E-state index in [4.69, 9.17) is 11.6 Å². The number of nitrogens with one attached hydrogen (secondary N) is 1. The highest BCUT2D eigenvalue weighted by Crippen LogP contribution is 2.20. The van der Waals surface area contributed by atoms with Gasteiger partial charge in [-0.05, 0) is 25.1 Å². The molecule has 1 aromatic heterocycles. The van der Waals surface area contributed by atoms with Gasteiger partial charge in [0, 0.05) is 29.6 Å². The molecule has 0 atom stereocenters. The predicted octanol–water partition coefficient (Wildman–Crippen LogP) is 3.09. The summed E-state index contributed by atoms with van der Waals surface area (Å²) in [6, 6.07) is 7.86. The average molecular weight is 236 g/mol. The number of nitrogens with zero attached hydrogens (tertiary/aromatic N) is 2. The Kier molecular flexibility index (Phi) is 3.47. The van der Waals surface area contributed by atoms with Gasteiger partial charge in [-0.25, -0.2) is 4.98 Å². The van der Waals surface area contributed by atoms with Crippen molar-refractivity contribution in [3.05, 3.63) is 47.5 Å². The number of hydrogen-bond donors (Lipinski definition) is 1. The fourth-order valence-electron chi connectivity index (χ4n) is 1.62. The van der Waals surface area contributed by atoms with E-state index in [2.05, 4.69) is 27.9 Å². The molecule has 0 radical (unpaired) electrons. The summed E-state index contributed by atoms with van der Waals surface area (Å²) in [7, 11) is 0. The Hall–Kier alpha value is -1.48. The second-order valence-electron chi connectivity index (χ2n) is 3.53. The van der Waals surface area contributed by atoms with Gasteiger partial charge >= 0.3 is 0 Å². The maximum atomic E-state index is 5.98. The Morgan fingerprint density at radius 1 is 1.44 bits per heavy atom. The lowest BCUT2D eigenvalue weighted by Gasteiger charge is -2.22. The van der Waals surface area contributed by atoms with E-state index in [1.807, 2.05) is 24.4 Å². The minimum atomic E-state index is 0.760. The normalized spacial score (nSPS) is 10.4. The van der Waals surface area contributed by atoms with Gasteiger partial charge in [0.05, 0.1) is 6.54 Å². The van der Waals surface area contributed by atoms with Crippen LogP contribution in [0.4, 0.5) is 5.69 Å². The molecule has 2 rings (SSSR count). The van der Waals surface area contributed by atoms with E-state index < -0.39 is 0 Å². The third-order valence-corrected chi connectivity index (χ3v) is 2.69. The Bertz CT molecular complexity index is 439. The zero-order valence-corrected chi connectivity index (χ0v) is 9.91. The van der Waals surface area contributed by atoms with Crippen LogP contribution in [0.1, 0.15) is 12.7 Å². The van der Waals surface area contributed by atoms with Crippen molar-refractivity contribution in [3.63, 3.8) is 0 Å². The van der Waals surface area contributed by atoms with Crippen molar-refractivity contribution in [2.24, 2.45) is 0 Å². The van der Waals surface area contributed by atoms with E-state index in [0.29, 0.717) is 0 Å². The van der Waals surface area contributed by atoms with Crippen LogP contribution in [0.25, 0.3) is 0 Å². The standard InChI is InChI=1S/C12H14ClN3/c1-2-16(9-12-14-6-7-15-12)11-5-3-4-10(13)8-11/h3-8H,2,9H2,1H3,(H,14,15). The highest BCUT2D eigenvalue weighted by atomic mass is 35.5. The number of benzene rings is 1. The molecule has 2 aromatic rings. The Morgan fingerprint density at radius 2 is 2.31 bits per heavy atom. The van der Waals surface area contributed by atoms with Crippen molar-refractivity contribution >= 4 is 17.3 Å². The van der Waals surface area contributed by atoms with Crippen molar-refractivity contribution in [1.82, 2.24) is 9.97 Å². The summed E-state index contributed by atoms with van der Waals surface area (Å²) < 4.78 is 0. The van der Waals surface area contributed by atoms with E-state index in [1.165, 1.54) is 0 Å². The van der Waals surface area contributed by atoms with E-state index in [9.17, 15) is 0 Å². The summed E-state index contributed by atoms with van der Waals surface area (Å²) in [5.41, 5.74) is 1.12. The van der Waals surface area contributed by atoms with E-state index in [0.717, 1.165) is 29.6 Å². The van der Waals surface area contributed by atoms with Gasteiger partial charge in [-0.3, -0.25) is 0 Å². The first kappa shape index (κ1) is 11.0. The van der Waals surface area contributed by atoms with Crippen LogP contribution in [-0.4, -0.2) is 16.5 Å². The number of imidazole rings is 1. The van der Waals surface area contributed by atoms with Crippen molar-refractivity contribution < 1.29 is 0 Å². The molecule has 0 unspecified atom stereocenters. The Balaban J connectivity index is 2.16. The molecular formula is C12H14ClN3. The number of anilines is 1. The van der Waals surface area contributed by atoms with Crippen molar-refractivity contribution in [2.75, 3.05) is 11.4 Å². The van der Waals surface area contributed by atoms with Gasteiger partial charge in [0.2, 0.25) is 0 Å². The van der Waals surface area contributed by atoms with Gasteiger partial charge in [-0.2, -0.15) is 0 Å². The highest BCUT2D eigenvalue weighted by molar-refractivity contribution is 6.30. The summed E-state index contributed by atoms with van der Waals surface area (Å²) in [5.74, 6) is 0.960.